The van der Waals surface area contributed by atoms with Gasteiger partial charge in [0.05, 0.1) is 27.9 Å². The number of ether oxygens (including phenoxy) is 2. The summed E-state index contributed by atoms with van der Waals surface area (Å²) in [6.45, 7) is 1.93. The first-order chi connectivity index (χ1) is 13.9. The van der Waals surface area contributed by atoms with E-state index < -0.39 is 5.97 Å². The fraction of sp³-hybridized carbons (Fsp3) is 0.143. The van der Waals surface area contributed by atoms with Crippen molar-refractivity contribution in [2.45, 2.75) is 6.92 Å². The van der Waals surface area contributed by atoms with Gasteiger partial charge < -0.3 is 14.6 Å². The molecule has 0 saturated heterocycles. The third-order valence-corrected chi connectivity index (χ3v) is 6.33. The van der Waals surface area contributed by atoms with Crippen LogP contribution in [0.4, 0.5) is 5.69 Å². The molecule has 0 radical (unpaired) electrons. The minimum atomic E-state index is -0.597. The lowest BCUT2D eigenvalue weighted by Crippen LogP contribution is -2.12. The summed E-state index contributed by atoms with van der Waals surface area (Å²) in [5, 5.41) is 11.2. The van der Waals surface area contributed by atoms with Gasteiger partial charge >= 0.3 is 5.97 Å². The number of aliphatic imine (C=N–C) groups is 1. The second-order valence-corrected chi connectivity index (χ2v) is 9.26. The zero-order valence-corrected chi connectivity index (χ0v) is 20.7. The molecule has 0 unspecified atom stereocenters. The number of hydrogen-bond donors (Lipinski definition) is 1. The molecule has 2 aromatic carbocycles. The Morgan fingerprint density at radius 3 is 2.62 bits per heavy atom. The molecular weight excluding hydrogens is 616 g/mol. The quantitative estimate of drug-likeness (QED) is 0.319. The van der Waals surface area contributed by atoms with Gasteiger partial charge in [0.1, 0.15) is 22.1 Å². The van der Waals surface area contributed by atoms with Crippen molar-refractivity contribution in [2.24, 2.45) is 4.99 Å². The van der Waals surface area contributed by atoms with Crippen LogP contribution in [0.2, 0.25) is 0 Å². The molecule has 0 saturated carbocycles. The van der Waals surface area contributed by atoms with Crippen LogP contribution in [0.25, 0.3) is 6.08 Å². The largest absolute Gasteiger partial charge is 0.506 e. The van der Waals surface area contributed by atoms with Crippen molar-refractivity contribution in [1.29, 1.82) is 0 Å². The second-order valence-electron chi connectivity index (χ2n) is 5.82. The van der Waals surface area contributed by atoms with Crippen LogP contribution in [0.5, 0.6) is 5.75 Å². The number of hydrogen-bond acceptors (Lipinski definition) is 6. The Balaban J connectivity index is 2.11. The Labute approximate surface area is 200 Å². The standard InChI is InChI=1S/C21H17I2NO4S/c1-3-28-21(26)17-18(25)16(29-20(17)24-14-7-5-4-6-8-14)10-12-9-13(22)11-15(23)19(12)27-2/h4-11,25H,3H2,1-2H3/b16-10-,24-20?. The van der Waals surface area contributed by atoms with Crippen LogP contribution in [-0.2, 0) is 9.53 Å². The third kappa shape index (κ3) is 5.15. The lowest BCUT2D eigenvalue weighted by Gasteiger charge is -2.09. The molecule has 5 nitrogen and oxygen atoms in total. The molecule has 0 amide bonds. The van der Waals surface area contributed by atoms with Gasteiger partial charge in [0, 0.05) is 9.13 Å². The molecule has 150 valence electrons. The van der Waals surface area contributed by atoms with Crippen LogP contribution in [0.15, 0.2) is 63.7 Å². The number of methoxy groups -OCH3 is 1. The minimum absolute atomic E-state index is 0.0752. The highest BCUT2D eigenvalue weighted by Crippen LogP contribution is 2.41. The molecule has 2 aromatic rings. The van der Waals surface area contributed by atoms with Crippen LogP contribution >= 0.6 is 56.9 Å². The van der Waals surface area contributed by atoms with E-state index >= 15 is 0 Å². The molecule has 1 aliphatic heterocycles. The van der Waals surface area contributed by atoms with Gasteiger partial charge in [-0.2, -0.15) is 0 Å². The number of halogens is 2. The van der Waals surface area contributed by atoms with Crippen LogP contribution < -0.4 is 4.74 Å². The van der Waals surface area contributed by atoms with Crippen LogP contribution in [0, 0.1) is 7.14 Å². The number of aliphatic hydroxyl groups excluding tert-OH is 1. The molecule has 0 aliphatic carbocycles. The number of nitrogens with zero attached hydrogens (tertiary/aromatic N) is 1. The highest BCUT2D eigenvalue weighted by Gasteiger charge is 2.33. The molecule has 0 atom stereocenters. The Morgan fingerprint density at radius 1 is 1.24 bits per heavy atom. The number of aliphatic hydroxyl groups is 1. The second kappa shape index (κ2) is 9.98. The van der Waals surface area contributed by atoms with E-state index in [0.717, 1.165) is 12.7 Å². The van der Waals surface area contributed by atoms with Gasteiger partial charge in [0.2, 0.25) is 0 Å². The summed E-state index contributed by atoms with van der Waals surface area (Å²) in [4.78, 5) is 17.6. The average Bonchev–Trinajstić information content (AvgIpc) is 2.97. The molecule has 0 fully saturated rings. The van der Waals surface area contributed by atoms with Crippen molar-refractivity contribution in [2.75, 3.05) is 13.7 Å². The lowest BCUT2D eigenvalue weighted by molar-refractivity contribution is -0.138. The number of rotatable bonds is 5. The number of thioether (sulfide) groups is 1. The molecule has 29 heavy (non-hydrogen) atoms. The average molecular weight is 633 g/mol. The highest BCUT2D eigenvalue weighted by molar-refractivity contribution is 14.1. The smallest absolute Gasteiger partial charge is 0.344 e. The van der Waals surface area contributed by atoms with E-state index in [4.69, 9.17) is 9.47 Å². The maximum Gasteiger partial charge on any atom is 0.344 e. The maximum atomic E-state index is 12.5. The Kier molecular flexibility index (Phi) is 7.63. The zero-order chi connectivity index (χ0) is 21.0. The SMILES string of the molecule is CCOC(=O)C1=C(O)/C(=C/c2cc(I)cc(I)c2OC)SC1=Nc1ccccc1. The molecule has 0 aromatic heterocycles. The fourth-order valence-corrected chi connectivity index (χ4v) is 5.79. The van der Waals surface area contributed by atoms with E-state index in [1.54, 1.807) is 20.1 Å². The molecule has 1 N–H and O–H groups in total. The van der Waals surface area contributed by atoms with Crippen LogP contribution in [-0.4, -0.2) is 29.8 Å². The number of benzene rings is 2. The van der Waals surface area contributed by atoms with Gasteiger partial charge in [0.15, 0.2) is 0 Å². The normalized spacial score (nSPS) is 16.6. The van der Waals surface area contributed by atoms with Gasteiger partial charge in [0.25, 0.3) is 0 Å². The van der Waals surface area contributed by atoms with Gasteiger partial charge in [-0.1, -0.05) is 30.0 Å². The Morgan fingerprint density at radius 2 is 1.97 bits per heavy atom. The van der Waals surface area contributed by atoms with E-state index in [1.165, 1.54) is 11.8 Å². The number of carbonyl (C=O) groups excluding carboxylic acids is 1. The summed E-state index contributed by atoms with van der Waals surface area (Å²) >= 11 is 5.67. The summed E-state index contributed by atoms with van der Waals surface area (Å²) in [6, 6.07) is 13.2. The fourth-order valence-electron chi connectivity index (χ4n) is 2.66. The molecule has 0 spiro atoms. The molecule has 1 heterocycles. The van der Waals surface area contributed by atoms with E-state index in [2.05, 4.69) is 50.2 Å². The summed E-state index contributed by atoms with van der Waals surface area (Å²) in [6.07, 6.45) is 1.80. The summed E-state index contributed by atoms with van der Waals surface area (Å²) in [7, 11) is 1.61. The Hall–Kier alpha value is -1.53. The molecule has 8 heteroatoms. The zero-order valence-electron chi connectivity index (χ0n) is 15.6. The topological polar surface area (TPSA) is 68.1 Å². The van der Waals surface area contributed by atoms with E-state index in [9.17, 15) is 9.90 Å². The van der Waals surface area contributed by atoms with Crippen molar-refractivity contribution < 1.29 is 19.4 Å². The number of carbonyl (C=O) groups is 1. The van der Waals surface area contributed by atoms with Gasteiger partial charge in [-0.3, -0.25) is 0 Å². The summed E-state index contributed by atoms with van der Waals surface area (Å²) in [5.41, 5.74) is 1.57. The van der Waals surface area contributed by atoms with Crippen molar-refractivity contribution in [1.82, 2.24) is 0 Å². The number of para-hydroxylation sites is 1. The predicted molar refractivity (Wildman–Crippen MR) is 134 cm³/mol. The summed E-state index contributed by atoms with van der Waals surface area (Å²) in [5.74, 6) is -0.0307. The van der Waals surface area contributed by atoms with Crippen molar-refractivity contribution >= 4 is 79.7 Å². The lowest BCUT2D eigenvalue weighted by atomic mass is 10.1. The molecule has 1 aliphatic rings. The first-order valence-corrected chi connectivity index (χ1v) is 11.6. The van der Waals surface area contributed by atoms with Crippen LogP contribution in [0.1, 0.15) is 12.5 Å². The van der Waals surface area contributed by atoms with E-state index in [0.29, 0.717) is 21.4 Å². The van der Waals surface area contributed by atoms with Crippen molar-refractivity contribution in [3.05, 3.63) is 71.4 Å². The number of esters is 1. The monoisotopic (exact) mass is 633 g/mol. The third-order valence-electron chi connectivity index (χ3n) is 3.88. The first-order valence-electron chi connectivity index (χ1n) is 8.62. The van der Waals surface area contributed by atoms with Crippen LogP contribution in [0.3, 0.4) is 0 Å². The molecular formula is C21H17I2NO4S. The van der Waals surface area contributed by atoms with Gasteiger partial charge in [-0.15, -0.1) is 0 Å². The first kappa shape index (κ1) is 22.2. The maximum absolute atomic E-state index is 12.5. The van der Waals surface area contributed by atoms with E-state index in [-0.39, 0.29) is 17.9 Å². The Bertz CT molecular complexity index is 1030. The van der Waals surface area contributed by atoms with E-state index in [1.807, 2.05) is 42.5 Å². The molecule has 3 rings (SSSR count). The van der Waals surface area contributed by atoms with Crippen molar-refractivity contribution in [3.8, 4) is 5.75 Å². The molecule has 0 bridgehead atoms. The summed E-state index contributed by atoms with van der Waals surface area (Å²) < 4.78 is 12.7. The van der Waals surface area contributed by atoms with Crippen molar-refractivity contribution in [3.63, 3.8) is 0 Å². The van der Waals surface area contributed by atoms with Gasteiger partial charge in [-0.25, -0.2) is 9.79 Å². The van der Waals surface area contributed by atoms with Gasteiger partial charge in [-0.05, 0) is 82.4 Å². The predicted octanol–water partition coefficient (Wildman–Crippen LogP) is 6.10. The minimum Gasteiger partial charge on any atom is -0.506 e. The highest BCUT2D eigenvalue weighted by atomic mass is 127.